The minimum Gasteiger partial charge on any atom is -0.454 e. The maximum Gasteiger partial charge on any atom is 0.270 e. The van der Waals surface area contributed by atoms with Gasteiger partial charge in [-0.2, -0.15) is 0 Å². The number of benzene rings is 2. The van der Waals surface area contributed by atoms with E-state index in [2.05, 4.69) is 0 Å². The molecule has 1 amide bonds. The summed E-state index contributed by atoms with van der Waals surface area (Å²) in [5.41, 5.74) is 1.51. The minimum atomic E-state index is -0.170. The highest BCUT2D eigenvalue weighted by molar-refractivity contribution is 8.27. The topological polar surface area (TPSA) is 57.2 Å². The Hall–Kier alpha value is -2.71. The van der Waals surface area contributed by atoms with Crippen molar-refractivity contribution in [3.63, 3.8) is 0 Å². The van der Waals surface area contributed by atoms with E-state index in [1.165, 1.54) is 16.7 Å². The van der Waals surface area contributed by atoms with Gasteiger partial charge in [-0.05, 0) is 35.9 Å². The van der Waals surface area contributed by atoms with Gasteiger partial charge in [0.05, 0.1) is 10.6 Å². The van der Waals surface area contributed by atoms with Crippen LogP contribution < -0.4 is 23.8 Å². The monoisotopic (exact) mass is 385 g/mol. The number of hydrogen-bond acceptors (Lipinski definition) is 7. The molecule has 0 atom stereocenters. The summed E-state index contributed by atoms with van der Waals surface area (Å²) in [6, 6.07) is 10.9. The van der Waals surface area contributed by atoms with Gasteiger partial charge in [0.2, 0.25) is 13.6 Å². The molecule has 0 N–H and O–H groups in total. The van der Waals surface area contributed by atoms with Crippen molar-refractivity contribution in [2.75, 3.05) is 18.5 Å². The highest BCUT2D eigenvalue weighted by atomic mass is 32.2. The summed E-state index contributed by atoms with van der Waals surface area (Å²) in [6.07, 6.45) is 1.80. The lowest BCUT2D eigenvalue weighted by molar-refractivity contribution is -0.113. The Morgan fingerprint density at radius 1 is 0.923 bits per heavy atom. The van der Waals surface area contributed by atoms with Crippen molar-refractivity contribution >= 4 is 46.0 Å². The maximum atomic E-state index is 12.9. The zero-order valence-corrected chi connectivity index (χ0v) is 14.9. The van der Waals surface area contributed by atoms with Crippen LogP contribution >= 0.6 is 24.0 Å². The first kappa shape index (κ1) is 15.5. The quantitative estimate of drug-likeness (QED) is 0.579. The van der Waals surface area contributed by atoms with E-state index in [1.807, 2.05) is 18.2 Å². The Kier molecular flexibility index (Phi) is 3.54. The first-order chi connectivity index (χ1) is 12.7. The van der Waals surface area contributed by atoms with Crippen molar-refractivity contribution in [1.29, 1.82) is 0 Å². The predicted molar refractivity (Wildman–Crippen MR) is 101 cm³/mol. The van der Waals surface area contributed by atoms with Crippen LogP contribution in [0.2, 0.25) is 0 Å². The second kappa shape index (κ2) is 5.93. The number of ether oxygens (including phenoxy) is 4. The van der Waals surface area contributed by atoms with Gasteiger partial charge in [0.15, 0.2) is 27.3 Å². The van der Waals surface area contributed by atoms with E-state index >= 15 is 0 Å². The zero-order chi connectivity index (χ0) is 17.7. The van der Waals surface area contributed by atoms with Crippen molar-refractivity contribution in [3.8, 4) is 23.0 Å². The van der Waals surface area contributed by atoms with Crippen molar-refractivity contribution in [2.45, 2.75) is 0 Å². The number of anilines is 1. The zero-order valence-electron chi connectivity index (χ0n) is 13.3. The fourth-order valence-electron chi connectivity index (χ4n) is 2.87. The molecule has 130 valence electrons. The van der Waals surface area contributed by atoms with Crippen LogP contribution in [0.5, 0.6) is 23.0 Å². The summed E-state index contributed by atoms with van der Waals surface area (Å²) in [6.45, 7) is 0.395. The maximum absolute atomic E-state index is 12.9. The molecule has 0 radical (unpaired) electrons. The summed E-state index contributed by atoms with van der Waals surface area (Å²) < 4.78 is 21.9. The second-order valence-electron chi connectivity index (χ2n) is 5.67. The minimum absolute atomic E-state index is 0.170. The molecule has 6 nitrogen and oxygen atoms in total. The molecule has 0 aromatic heterocycles. The van der Waals surface area contributed by atoms with E-state index in [4.69, 9.17) is 31.2 Å². The number of thioether (sulfide) groups is 1. The number of hydrogen-bond donors (Lipinski definition) is 0. The van der Waals surface area contributed by atoms with Crippen LogP contribution in [0, 0.1) is 0 Å². The van der Waals surface area contributed by atoms with Gasteiger partial charge in [-0.15, -0.1) is 0 Å². The summed E-state index contributed by atoms with van der Waals surface area (Å²) >= 11 is 6.67. The lowest BCUT2D eigenvalue weighted by Crippen LogP contribution is -2.27. The van der Waals surface area contributed by atoms with Crippen LogP contribution in [0.3, 0.4) is 0 Å². The molecule has 8 heteroatoms. The highest BCUT2D eigenvalue weighted by Gasteiger charge is 2.34. The standard InChI is InChI=1S/C18H11NO5S2/c20-17-16(6-10-1-3-12-14(5-10)23-8-21-12)26-18(25)19(17)11-2-4-13-15(7-11)24-9-22-13/h1-7H,8-9H2/b16-6-. The van der Waals surface area contributed by atoms with Gasteiger partial charge >= 0.3 is 0 Å². The molecule has 0 aliphatic carbocycles. The highest BCUT2D eigenvalue weighted by Crippen LogP contribution is 2.41. The Morgan fingerprint density at radius 3 is 2.35 bits per heavy atom. The van der Waals surface area contributed by atoms with Gasteiger partial charge in [-0.25, -0.2) is 0 Å². The molecule has 2 aromatic carbocycles. The predicted octanol–water partition coefficient (Wildman–Crippen LogP) is 3.55. The fourth-order valence-corrected chi connectivity index (χ4v) is 4.17. The van der Waals surface area contributed by atoms with Gasteiger partial charge in [-0.1, -0.05) is 30.0 Å². The molecule has 1 saturated heterocycles. The molecule has 0 saturated carbocycles. The summed E-state index contributed by atoms with van der Waals surface area (Å²) in [7, 11) is 0. The third-order valence-corrected chi connectivity index (χ3v) is 5.40. The molecule has 0 unspecified atom stereocenters. The lowest BCUT2D eigenvalue weighted by atomic mass is 10.2. The summed E-state index contributed by atoms with van der Waals surface area (Å²) in [5, 5.41) is 0. The van der Waals surface area contributed by atoms with Crippen LogP contribution in [0.25, 0.3) is 6.08 Å². The molecule has 2 aromatic rings. The molecule has 1 fully saturated rings. The average Bonchev–Trinajstić information content (AvgIpc) is 3.34. The van der Waals surface area contributed by atoms with Gasteiger partial charge in [-0.3, -0.25) is 9.69 Å². The number of carbonyl (C=O) groups is 1. The van der Waals surface area contributed by atoms with Crippen LogP contribution in [0.1, 0.15) is 5.56 Å². The number of carbonyl (C=O) groups excluding carboxylic acids is 1. The number of fused-ring (bicyclic) bond motifs is 2. The number of rotatable bonds is 2. The number of nitrogens with zero attached hydrogens (tertiary/aromatic N) is 1. The van der Waals surface area contributed by atoms with E-state index < -0.39 is 0 Å². The van der Waals surface area contributed by atoms with Crippen molar-refractivity contribution in [2.24, 2.45) is 0 Å². The normalized spacial score (nSPS) is 18.9. The molecule has 0 spiro atoms. The molecule has 3 aliphatic heterocycles. The molecule has 3 aliphatic rings. The van der Waals surface area contributed by atoms with Crippen molar-refractivity contribution in [3.05, 3.63) is 46.9 Å². The Balaban J connectivity index is 1.46. The first-order valence-corrected chi connectivity index (χ1v) is 8.99. The molecular weight excluding hydrogens is 374 g/mol. The van der Waals surface area contributed by atoms with Gasteiger partial charge < -0.3 is 18.9 Å². The van der Waals surface area contributed by atoms with Crippen molar-refractivity contribution < 1.29 is 23.7 Å². The van der Waals surface area contributed by atoms with E-state index in [0.29, 0.717) is 37.9 Å². The van der Waals surface area contributed by atoms with Gasteiger partial charge in [0.25, 0.3) is 5.91 Å². The van der Waals surface area contributed by atoms with Crippen LogP contribution in [0.15, 0.2) is 41.3 Å². The smallest absolute Gasteiger partial charge is 0.270 e. The summed E-state index contributed by atoms with van der Waals surface area (Å²) in [5.74, 6) is 2.47. The Labute approximate surface area is 158 Å². The Morgan fingerprint density at radius 2 is 1.58 bits per heavy atom. The number of amides is 1. The first-order valence-electron chi connectivity index (χ1n) is 7.76. The fraction of sp³-hybridized carbons (Fsp3) is 0.111. The summed E-state index contributed by atoms with van der Waals surface area (Å²) in [4.78, 5) is 14.9. The molecular formula is C18H11NO5S2. The van der Waals surface area contributed by atoms with E-state index in [1.54, 1.807) is 24.3 Å². The van der Waals surface area contributed by atoms with E-state index in [0.717, 1.165) is 5.56 Å². The number of thiocarbonyl (C=S) groups is 1. The van der Waals surface area contributed by atoms with Crippen molar-refractivity contribution in [1.82, 2.24) is 0 Å². The second-order valence-corrected chi connectivity index (χ2v) is 7.34. The Bertz CT molecular complexity index is 988. The van der Waals surface area contributed by atoms with Gasteiger partial charge in [0.1, 0.15) is 0 Å². The van der Waals surface area contributed by atoms with Gasteiger partial charge in [0, 0.05) is 6.07 Å². The lowest BCUT2D eigenvalue weighted by Gasteiger charge is -2.14. The van der Waals surface area contributed by atoms with E-state index in [-0.39, 0.29) is 19.5 Å². The van der Waals surface area contributed by atoms with E-state index in [9.17, 15) is 4.79 Å². The van der Waals surface area contributed by atoms with Crippen LogP contribution in [-0.4, -0.2) is 23.8 Å². The molecule has 26 heavy (non-hydrogen) atoms. The largest absolute Gasteiger partial charge is 0.454 e. The molecule has 5 rings (SSSR count). The average molecular weight is 385 g/mol. The molecule has 3 heterocycles. The van der Waals surface area contributed by atoms with Crippen LogP contribution in [-0.2, 0) is 4.79 Å². The molecule has 0 bridgehead atoms. The SMILES string of the molecule is O=C1/C(=C/c2ccc3c(c2)OCO3)SC(=S)N1c1ccc2c(c1)OCO2. The van der Waals surface area contributed by atoms with Crippen LogP contribution in [0.4, 0.5) is 5.69 Å². The third-order valence-electron chi connectivity index (χ3n) is 4.10. The third kappa shape index (κ3) is 2.49.